The lowest BCUT2D eigenvalue weighted by molar-refractivity contribution is -0.123. The first-order chi connectivity index (χ1) is 14.1. The zero-order valence-electron chi connectivity index (χ0n) is 17.2. The number of nitrogens with one attached hydrogen (secondary N) is 1. The number of nitrogens with zero attached hydrogens (tertiary/aromatic N) is 4. The molecule has 1 N–H and O–H groups in total. The fourth-order valence-corrected chi connectivity index (χ4v) is 4.20. The van der Waals surface area contributed by atoms with Crippen molar-refractivity contribution < 1.29 is 4.79 Å². The quantitative estimate of drug-likeness (QED) is 0.699. The van der Waals surface area contributed by atoms with Crippen molar-refractivity contribution in [3.05, 3.63) is 66.1 Å². The fourth-order valence-electron chi connectivity index (χ4n) is 4.20. The first-order valence-electron chi connectivity index (χ1n) is 10.5. The van der Waals surface area contributed by atoms with Gasteiger partial charge in [0.1, 0.15) is 5.82 Å². The first kappa shape index (κ1) is 19.6. The van der Waals surface area contributed by atoms with Crippen LogP contribution in [0.25, 0.3) is 5.65 Å². The van der Waals surface area contributed by atoms with E-state index in [9.17, 15) is 4.79 Å². The summed E-state index contributed by atoms with van der Waals surface area (Å²) in [6, 6.07) is 16.2. The molecule has 0 bridgehead atoms. The van der Waals surface area contributed by atoms with Gasteiger partial charge in [0.05, 0.1) is 12.6 Å². The molecule has 2 aromatic heterocycles. The Labute approximate surface area is 171 Å². The van der Waals surface area contributed by atoms with Crippen molar-refractivity contribution in [1.29, 1.82) is 0 Å². The maximum Gasteiger partial charge on any atom is 0.234 e. The molecule has 1 aliphatic heterocycles. The van der Waals surface area contributed by atoms with Crippen LogP contribution in [0.15, 0.2) is 54.7 Å². The minimum absolute atomic E-state index is 0.0450. The molecule has 0 aliphatic carbocycles. The predicted molar refractivity (Wildman–Crippen MR) is 114 cm³/mol. The molecule has 0 radical (unpaired) electrons. The third-order valence-corrected chi connectivity index (χ3v) is 5.80. The Bertz CT molecular complexity index is 944. The lowest BCUT2D eigenvalue weighted by Gasteiger charge is -2.31. The average molecular weight is 392 g/mol. The lowest BCUT2D eigenvalue weighted by atomic mass is 9.95. The predicted octanol–water partition coefficient (Wildman–Crippen LogP) is 3.42. The molecule has 1 aliphatic rings. The van der Waals surface area contributed by atoms with Gasteiger partial charge in [0.25, 0.3) is 0 Å². The van der Waals surface area contributed by atoms with Crippen LogP contribution in [-0.2, 0) is 4.79 Å². The Balaban J connectivity index is 1.33. The molecule has 1 saturated heterocycles. The third-order valence-electron chi connectivity index (χ3n) is 5.80. The summed E-state index contributed by atoms with van der Waals surface area (Å²) in [7, 11) is 0. The fraction of sp³-hybridized carbons (Fsp3) is 0.435. The van der Waals surface area contributed by atoms with Crippen LogP contribution >= 0.6 is 0 Å². The van der Waals surface area contributed by atoms with Crippen LogP contribution in [0.4, 0.5) is 0 Å². The lowest BCUT2D eigenvalue weighted by Crippen LogP contribution is -2.43. The average Bonchev–Trinajstić information content (AvgIpc) is 3.17. The summed E-state index contributed by atoms with van der Waals surface area (Å²) < 4.78 is 2.08. The smallest absolute Gasteiger partial charge is 0.234 e. The highest BCUT2D eigenvalue weighted by molar-refractivity contribution is 5.78. The topological polar surface area (TPSA) is 62.5 Å². The van der Waals surface area contributed by atoms with Crippen molar-refractivity contribution in [1.82, 2.24) is 24.8 Å². The molecular formula is C23H29N5O. The Morgan fingerprint density at radius 2 is 1.79 bits per heavy atom. The molecule has 1 atom stereocenters. The van der Waals surface area contributed by atoms with E-state index in [0.717, 1.165) is 43.0 Å². The summed E-state index contributed by atoms with van der Waals surface area (Å²) >= 11 is 0. The number of hydrogen-bond acceptors (Lipinski definition) is 4. The van der Waals surface area contributed by atoms with Crippen LogP contribution in [0.5, 0.6) is 0 Å². The minimum atomic E-state index is 0.0450. The van der Waals surface area contributed by atoms with Crippen molar-refractivity contribution >= 4 is 11.6 Å². The van der Waals surface area contributed by atoms with E-state index < -0.39 is 0 Å². The standard InChI is InChI=1S/C23H29N5O/c1-17(2)22(18-8-4-3-5-9-18)24-21(29)16-27-14-11-19(12-15-27)23-26-25-20-10-6-7-13-28(20)23/h3-10,13,17,19,22H,11-12,14-16H2,1-2H3,(H,24,29). The number of hydrogen-bond donors (Lipinski definition) is 1. The van der Waals surface area contributed by atoms with Crippen LogP contribution < -0.4 is 5.32 Å². The largest absolute Gasteiger partial charge is 0.348 e. The summed E-state index contributed by atoms with van der Waals surface area (Å²) in [5, 5.41) is 11.9. The van der Waals surface area contributed by atoms with Crippen molar-refractivity contribution in [2.45, 2.75) is 38.6 Å². The highest BCUT2D eigenvalue weighted by atomic mass is 16.2. The highest BCUT2D eigenvalue weighted by Gasteiger charge is 2.26. The molecule has 3 aromatic rings. The van der Waals surface area contributed by atoms with Gasteiger partial charge in [0.15, 0.2) is 5.65 Å². The number of pyridine rings is 1. The van der Waals surface area contributed by atoms with E-state index in [4.69, 9.17) is 0 Å². The van der Waals surface area contributed by atoms with Gasteiger partial charge in [0.2, 0.25) is 5.91 Å². The molecule has 0 spiro atoms. The highest BCUT2D eigenvalue weighted by Crippen LogP contribution is 2.27. The van der Waals surface area contributed by atoms with Crippen molar-refractivity contribution in [2.24, 2.45) is 5.92 Å². The van der Waals surface area contributed by atoms with E-state index in [-0.39, 0.29) is 11.9 Å². The van der Waals surface area contributed by atoms with Crippen LogP contribution in [0.3, 0.4) is 0 Å². The summed E-state index contributed by atoms with van der Waals surface area (Å²) in [5.74, 6) is 1.86. The zero-order chi connectivity index (χ0) is 20.2. The Hall–Kier alpha value is -2.73. The van der Waals surface area contributed by atoms with E-state index in [1.807, 2.05) is 42.6 Å². The van der Waals surface area contributed by atoms with Crippen LogP contribution in [0, 0.1) is 5.92 Å². The third kappa shape index (κ3) is 4.48. The van der Waals surface area contributed by atoms with Gasteiger partial charge in [-0.25, -0.2) is 0 Å². The number of fused-ring (bicyclic) bond motifs is 1. The second-order valence-corrected chi connectivity index (χ2v) is 8.24. The number of benzene rings is 1. The van der Waals surface area contributed by atoms with Gasteiger partial charge in [-0.2, -0.15) is 0 Å². The molecule has 1 unspecified atom stereocenters. The SMILES string of the molecule is CC(C)C(NC(=O)CN1CCC(c2nnc3ccccn23)CC1)c1ccccc1. The molecule has 4 rings (SSSR count). The number of likely N-dealkylation sites (tertiary alicyclic amines) is 1. The van der Waals surface area contributed by atoms with Gasteiger partial charge in [-0.05, 0) is 49.5 Å². The second-order valence-electron chi connectivity index (χ2n) is 8.24. The number of carbonyl (C=O) groups is 1. The van der Waals surface area contributed by atoms with Crippen molar-refractivity contribution in [2.75, 3.05) is 19.6 Å². The first-order valence-corrected chi connectivity index (χ1v) is 10.5. The Kier molecular flexibility index (Phi) is 5.90. The number of carbonyl (C=O) groups excluding carboxylic acids is 1. The van der Waals surface area contributed by atoms with Crippen molar-refractivity contribution in [3.63, 3.8) is 0 Å². The molecule has 1 fully saturated rings. The summed E-state index contributed by atoms with van der Waals surface area (Å²) in [6.07, 6.45) is 4.02. The van der Waals surface area contributed by atoms with Gasteiger partial charge in [0, 0.05) is 12.1 Å². The Morgan fingerprint density at radius 3 is 2.52 bits per heavy atom. The van der Waals surface area contributed by atoms with Gasteiger partial charge in [-0.1, -0.05) is 50.2 Å². The minimum Gasteiger partial charge on any atom is -0.348 e. The van der Waals surface area contributed by atoms with E-state index in [1.165, 1.54) is 0 Å². The van der Waals surface area contributed by atoms with E-state index in [1.54, 1.807) is 0 Å². The molecule has 1 aromatic carbocycles. The van der Waals surface area contributed by atoms with E-state index in [2.05, 4.69) is 50.8 Å². The van der Waals surface area contributed by atoms with Gasteiger partial charge < -0.3 is 5.32 Å². The number of piperidine rings is 1. The molecule has 6 nitrogen and oxygen atoms in total. The van der Waals surface area contributed by atoms with Crippen LogP contribution in [0.1, 0.15) is 50.0 Å². The van der Waals surface area contributed by atoms with Crippen molar-refractivity contribution in [3.8, 4) is 0 Å². The molecule has 3 heterocycles. The van der Waals surface area contributed by atoms with Gasteiger partial charge in [-0.3, -0.25) is 14.1 Å². The monoisotopic (exact) mass is 391 g/mol. The normalized spacial score (nSPS) is 16.9. The number of rotatable bonds is 6. The zero-order valence-corrected chi connectivity index (χ0v) is 17.2. The van der Waals surface area contributed by atoms with Crippen LogP contribution in [-0.4, -0.2) is 45.0 Å². The number of aromatic nitrogens is 3. The molecular weight excluding hydrogens is 362 g/mol. The molecule has 152 valence electrons. The van der Waals surface area contributed by atoms with E-state index >= 15 is 0 Å². The van der Waals surface area contributed by atoms with Gasteiger partial charge >= 0.3 is 0 Å². The summed E-state index contributed by atoms with van der Waals surface area (Å²) in [4.78, 5) is 15.0. The van der Waals surface area contributed by atoms with Gasteiger partial charge in [-0.15, -0.1) is 10.2 Å². The summed E-state index contributed by atoms with van der Waals surface area (Å²) in [6.45, 7) is 6.54. The molecule has 29 heavy (non-hydrogen) atoms. The summed E-state index contributed by atoms with van der Waals surface area (Å²) in [5.41, 5.74) is 2.05. The van der Waals surface area contributed by atoms with E-state index in [0.29, 0.717) is 18.4 Å². The maximum absolute atomic E-state index is 12.7. The second kappa shape index (κ2) is 8.74. The van der Waals surface area contributed by atoms with Crippen LogP contribution in [0.2, 0.25) is 0 Å². The Morgan fingerprint density at radius 1 is 1.07 bits per heavy atom. The molecule has 6 heteroatoms. The molecule has 1 amide bonds. The molecule has 0 saturated carbocycles. The number of amides is 1. The maximum atomic E-state index is 12.7.